The second-order valence-corrected chi connectivity index (χ2v) is 6.16. The third-order valence-corrected chi connectivity index (χ3v) is 4.65. The summed E-state index contributed by atoms with van der Waals surface area (Å²) >= 11 is 2.11. The van der Waals surface area contributed by atoms with E-state index in [9.17, 15) is 0 Å². The normalized spacial score (nSPS) is 28.4. The van der Waals surface area contributed by atoms with Gasteiger partial charge in [0.15, 0.2) is 0 Å². The Balaban J connectivity index is 1.66. The summed E-state index contributed by atoms with van der Waals surface area (Å²) in [5, 5.41) is 3.75. The molecule has 2 aliphatic rings. The zero-order valence-corrected chi connectivity index (χ0v) is 9.46. The lowest BCUT2D eigenvalue weighted by Gasteiger charge is -2.40. The molecule has 1 heterocycles. The summed E-state index contributed by atoms with van der Waals surface area (Å²) in [6.45, 7) is 3.70. The molecule has 0 amide bonds. The van der Waals surface area contributed by atoms with Gasteiger partial charge in [-0.05, 0) is 42.6 Å². The maximum Gasteiger partial charge on any atom is 0.00830 e. The van der Waals surface area contributed by atoms with E-state index in [-0.39, 0.29) is 0 Å². The second kappa shape index (κ2) is 4.22. The molecule has 0 bridgehead atoms. The lowest BCUT2D eigenvalue weighted by Crippen LogP contribution is -2.43. The standard InChI is InChI=1S/C11H21NS/c1-11(5-2-6-11)9-12-10-3-7-13-8-4-10/h10,12H,2-9H2,1H3. The van der Waals surface area contributed by atoms with E-state index >= 15 is 0 Å². The Morgan fingerprint density at radius 1 is 1.31 bits per heavy atom. The fraction of sp³-hybridized carbons (Fsp3) is 1.00. The minimum Gasteiger partial charge on any atom is -0.313 e. The molecule has 1 nitrogen and oxygen atoms in total. The van der Waals surface area contributed by atoms with Gasteiger partial charge in [-0.15, -0.1) is 0 Å². The van der Waals surface area contributed by atoms with E-state index in [0.717, 1.165) is 6.04 Å². The van der Waals surface area contributed by atoms with Crippen LogP contribution in [0.4, 0.5) is 0 Å². The Morgan fingerprint density at radius 3 is 2.54 bits per heavy atom. The van der Waals surface area contributed by atoms with E-state index < -0.39 is 0 Å². The summed E-state index contributed by atoms with van der Waals surface area (Å²) in [5.74, 6) is 2.74. The first kappa shape index (κ1) is 9.85. The van der Waals surface area contributed by atoms with Crippen molar-refractivity contribution >= 4 is 11.8 Å². The Morgan fingerprint density at radius 2 is 2.00 bits per heavy atom. The Kier molecular flexibility index (Phi) is 3.20. The van der Waals surface area contributed by atoms with Crippen LogP contribution in [0.5, 0.6) is 0 Å². The summed E-state index contributed by atoms with van der Waals surface area (Å²) in [6, 6.07) is 0.832. The number of rotatable bonds is 3. The van der Waals surface area contributed by atoms with Crippen molar-refractivity contribution in [3.63, 3.8) is 0 Å². The van der Waals surface area contributed by atoms with Crippen LogP contribution < -0.4 is 5.32 Å². The Bertz CT molecular complexity index is 159. The summed E-state index contributed by atoms with van der Waals surface area (Å²) in [7, 11) is 0. The molecule has 76 valence electrons. The molecule has 1 N–H and O–H groups in total. The van der Waals surface area contributed by atoms with Gasteiger partial charge in [-0.2, -0.15) is 11.8 Å². The first-order chi connectivity index (χ1) is 6.29. The van der Waals surface area contributed by atoms with Gasteiger partial charge in [0.1, 0.15) is 0 Å². The van der Waals surface area contributed by atoms with Crippen molar-refractivity contribution in [3.05, 3.63) is 0 Å². The van der Waals surface area contributed by atoms with E-state index in [1.807, 2.05) is 0 Å². The van der Waals surface area contributed by atoms with Crippen LogP contribution in [0.1, 0.15) is 39.0 Å². The summed E-state index contributed by atoms with van der Waals surface area (Å²) in [4.78, 5) is 0. The molecule has 13 heavy (non-hydrogen) atoms. The first-order valence-corrected chi connectivity index (χ1v) is 6.75. The fourth-order valence-electron chi connectivity index (χ4n) is 2.25. The topological polar surface area (TPSA) is 12.0 Å². The highest BCUT2D eigenvalue weighted by molar-refractivity contribution is 7.99. The number of nitrogens with one attached hydrogen (secondary N) is 1. The molecule has 1 aliphatic carbocycles. The minimum atomic E-state index is 0.657. The van der Waals surface area contributed by atoms with E-state index in [2.05, 4.69) is 24.0 Å². The molecule has 0 aromatic heterocycles. The predicted molar refractivity (Wildman–Crippen MR) is 60.3 cm³/mol. The van der Waals surface area contributed by atoms with Crippen molar-refractivity contribution in [1.82, 2.24) is 5.32 Å². The molecular weight excluding hydrogens is 178 g/mol. The minimum absolute atomic E-state index is 0.657. The Hall–Kier alpha value is 0.310. The van der Waals surface area contributed by atoms with Crippen molar-refractivity contribution in [1.29, 1.82) is 0 Å². The summed E-state index contributed by atoms with van der Waals surface area (Å²) in [6.07, 6.45) is 7.13. The summed E-state index contributed by atoms with van der Waals surface area (Å²) in [5.41, 5.74) is 0.657. The highest BCUT2D eigenvalue weighted by atomic mass is 32.2. The molecule has 0 aromatic carbocycles. The van der Waals surface area contributed by atoms with Gasteiger partial charge in [-0.3, -0.25) is 0 Å². The lowest BCUT2D eigenvalue weighted by atomic mass is 9.70. The molecule has 1 saturated carbocycles. The zero-order chi connectivity index (χ0) is 9.15. The van der Waals surface area contributed by atoms with Gasteiger partial charge >= 0.3 is 0 Å². The van der Waals surface area contributed by atoms with Gasteiger partial charge in [0.2, 0.25) is 0 Å². The molecule has 2 rings (SSSR count). The Labute approximate surface area is 86.0 Å². The van der Waals surface area contributed by atoms with E-state index in [1.54, 1.807) is 0 Å². The van der Waals surface area contributed by atoms with E-state index in [4.69, 9.17) is 0 Å². The van der Waals surface area contributed by atoms with Crippen LogP contribution in [-0.2, 0) is 0 Å². The second-order valence-electron chi connectivity index (χ2n) is 4.93. The largest absolute Gasteiger partial charge is 0.313 e. The number of hydrogen-bond acceptors (Lipinski definition) is 2. The van der Waals surface area contributed by atoms with Crippen molar-refractivity contribution in [2.24, 2.45) is 5.41 Å². The van der Waals surface area contributed by atoms with E-state index in [0.29, 0.717) is 5.41 Å². The SMILES string of the molecule is CC1(CNC2CCSCC2)CCC1. The molecule has 2 fully saturated rings. The van der Waals surface area contributed by atoms with Gasteiger partial charge in [0.25, 0.3) is 0 Å². The molecule has 2 heteroatoms. The highest BCUT2D eigenvalue weighted by Gasteiger charge is 2.31. The molecule has 0 atom stereocenters. The fourth-order valence-corrected chi connectivity index (χ4v) is 3.36. The van der Waals surface area contributed by atoms with Crippen LogP contribution in [0.15, 0.2) is 0 Å². The van der Waals surface area contributed by atoms with Crippen LogP contribution in [-0.4, -0.2) is 24.1 Å². The van der Waals surface area contributed by atoms with Crippen molar-refractivity contribution in [2.75, 3.05) is 18.1 Å². The maximum absolute atomic E-state index is 3.75. The van der Waals surface area contributed by atoms with Crippen LogP contribution in [0.2, 0.25) is 0 Å². The molecule has 0 unspecified atom stereocenters. The molecule has 1 saturated heterocycles. The zero-order valence-electron chi connectivity index (χ0n) is 8.64. The van der Waals surface area contributed by atoms with Crippen LogP contribution in [0, 0.1) is 5.41 Å². The van der Waals surface area contributed by atoms with Crippen LogP contribution in [0.3, 0.4) is 0 Å². The van der Waals surface area contributed by atoms with Crippen molar-refractivity contribution in [3.8, 4) is 0 Å². The maximum atomic E-state index is 3.75. The summed E-state index contributed by atoms with van der Waals surface area (Å²) < 4.78 is 0. The van der Waals surface area contributed by atoms with Crippen molar-refractivity contribution < 1.29 is 0 Å². The first-order valence-electron chi connectivity index (χ1n) is 5.60. The molecule has 0 spiro atoms. The van der Waals surface area contributed by atoms with Crippen LogP contribution in [0.25, 0.3) is 0 Å². The number of hydrogen-bond donors (Lipinski definition) is 1. The molecule has 1 aliphatic heterocycles. The van der Waals surface area contributed by atoms with Gasteiger partial charge in [-0.25, -0.2) is 0 Å². The average molecular weight is 199 g/mol. The lowest BCUT2D eigenvalue weighted by molar-refractivity contribution is 0.149. The van der Waals surface area contributed by atoms with Crippen LogP contribution >= 0.6 is 11.8 Å². The smallest absolute Gasteiger partial charge is 0.00830 e. The van der Waals surface area contributed by atoms with Gasteiger partial charge in [0, 0.05) is 12.6 Å². The van der Waals surface area contributed by atoms with Gasteiger partial charge < -0.3 is 5.32 Å². The van der Waals surface area contributed by atoms with Crippen molar-refractivity contribution in [2.45, 2.75) is 45.1 Å². The average Bonchev–Trinajstić information content (AvgIpc) is 2.13. The highest BCUT2D eigenvalue weighted by Crippen LogP contribution is 2.39. The quantitative estimate of drug-likeness (QED) is 0.750. The van der Waals surface area contributed by atoms with Gasteiger partial charge in [0.05, 0.1) is 0 Å². The van der Waals surface area contributed by atoms with Gasteiger partial charge in [-0.1, -0.05) is 13.3 Å². The third kappa shape index (κ3) is 2.63. The third-order valence-electron chi connectivity index (χ3n) is 3.60. The molecule has 0 aromatic rings. The van der Waals surface area contributed by atoms with E-state index in [1.165, 1.54) is 50.2 Å². The molecule has 0 radical (unpaired) electrons. The molecular formula is C11H21NS. The number of thioether (sulfide) groups is 1. The monoisotopic (exact) mass is 199 g/mol. The predicted octanol–water partition coefficient (Wildman–Crippen LogP) is 2.66.